The van der Waals surface area contributed by atoms with Gasteiger partial charge in [0.1, 0.15) is 17.7 Å². The SMILES string of the molecule is CC[N+](CC)(CC)Cc1ccc(OC2=C(C(=O)O)N3C(=O)[C@H]([C@@H](C)O)[C@H]3S2)cc1. The Hall–Kier alpha value is -2.03. The van der Waals surface area contributed by atoms with E-state index in [2.05, 4.69) is 20.8 Å². The molecule has 0 unspecified atom stereocenters. The Bertz CT molecular complexity index is 809. The number of nitrogens with zero attached hydrogens (tertiary/aromatic N) is 2. The second-order valence-corrected chi connectivity index (χ2v) is 8.71. The molecule has 2 aliphatic rings. The number of β-lactam (4-membered cyclic amide) rings is 1. The molecule has 0 saturated carbocycles. The zero-order chi connectivity index (χ0) is 21.3. The summed E-state index contributed by atoms with van der Waals surface area (Å²) in [7, 11) is 0. The molecule has 2 aliphatic heterocycles. The maximum absolute atomic E-state index is 12.3. The van der Waals surface area contributed by atoms with E-state index in [-0.39, 0.29) is 16.7 Å². The Balaban J connectivity index is 1.76. The van der Waals surface area contributed by atoms with E-state index in [9.17, 15) is 19.8 Å². The van der Waals surface area contributed by atoms with Crippen LogP contribution in [0.25, 0.3) is 0 Å². The van der Waals surface area contributed by atoms with Crippen LogP contribution in [-0.4, -0.2) is 62.6 Å². The fraction of sp³-hybridized carbons (Fsp3) is 0.524. The summed E-state index contributed by atoms with van der Waals surface area (Å²) >= 11 is 1.18. The van der Waals surface area contributed by atoms with E-state index in [1.165, 1.54) is 22.2 Å². The Morgan fingerprint density at radius 2 is 1.79 bits per heavy atom. The first-order valence-corrected chi connectivity index (χ1v) is 10.9. The largest absolute Gasteiger partial charge is 0.476 e. The van der Waals surface area contributed by atoms with Crippen LogP contribution in [0.3, 0.4) is 0 Å². The van der Waals surface area contributed by atoms with Crippen molar-refractivity contribution in [2.75, 3.05) is 19.6 Å². The summed E-state index contributed by atoms with van der Waals surface area (Å²) in [6.45, 7) is 12.3. The summed E-state index contributed by atoms with van der Waals surface area (Å²) < 4.78 is 6.86. The first-order chi connectivity index (χ1) is 13.8. The number of benzene rings is 1. The summed E-state index contributed by atoms with van der Waals surface area (Å²) in [4.78, 5) is 25.2. The van der Waals surface area contributed by atoms with Crippen LogP contribution in [0.1, 0.15) is 33.3 Å². The minimum atomic E-state index is -1.21. The molecule has 1 saturated heterocycles. The predicted molar refractivity (Wildman–Crippen MR) is 111 cm³/mol. The van der Waals surface area contributed by atoms with Gasteiger partial charge in [-0.1, -0.05) is 11.8 Å². The zero-order valence-electron chi connectivity index (χ0n) is 17.3. The molecule has 0 aromatic heterocycles. The highest BCUT2D eigenvalue weighted by molar-refractivity contribution is 8.03. The number of carboxylic acids is 1. The molecular formula is C21H29N2O5S+. The summed E-state index contributed by atoms with van der Waals surface area (Å²) in [5, 5.41) is 19.1. The number of quaternary nitrogens is 1. The molecule has 0 radical (unpaired) electrons. The zero-order valence-corrected chi connectivity index (χ0v) is 18.1. The average Bonchev–Trinajstić information content (AvgIpc) is 3.01. The topological polar surface area (TPSA) is 87.1 Å². The van der Waals surface area contributed by atoms with E-state index in [1.807, 2.05) is 24.3 Å². The first-order valence-electron chi connectivity index (χ1n) is 10.0. The lowest BCUT2D eigenvalue weighted by Gasteiger charge is -2.43. The number of aliphatic hydroxyl groups is 1. The van der Waals surface area contributed by atoms with E-state index in [0.29, 0.717) is 5.75 Å². The van der Waals surface area contributed by atoms with Gasteiger partial charge in [-0.3, -0.25) is 9.69 Å². The van der Waals surface area contributed by atoms with E-state index >= 15 is 0 Å². The van der Waals surface area contributed by atoms with Crippen LogP contribution < -0.4 is 4.74 Å². The van der Waals surface area contributed by atoms with Crippen LogP contribution in [0, 0.1) is 5.92 Å². The molecule has 0 aliphatic carbocycles. The van der Waals surface area contributed by atoms with Crippen molar-refractivity contribution in [2.45, 2.75) is 45.7 Å². The number of carbonyl (C=O) groups is 2. The third-order valence-corrected chi connectivity index (χ3v) is 7.37. The summed E-state index contributed by atoms with van der Waals surface area (Å²) in [5.74, 6) is -1.67. The highest BCUT2D eigenvalue weighted by Crippen LogP contribution is 2.50. The quantitative estimate of drug-likeness (QED) is 0.471. The fourth-order valence-corrected chi connectivity index (χ4v) is 5.45. The van der Waals surface area contributed by atoms with Crippen LogP contribution in [0.4, 0.5) is 0 Å². The van der Waals surface area contributed by atoms with Gasteiger partial charge in [-0.05, 0) is 52.0 Å². The molecule has 3 atom stereocenters. The van der Waals surface area contributed by atoms with Crippen molar-refractivity contribution in [3.8, 4) is 5.75 Å². The molecule has 0 bridgehead atoms. The molecule has 8 heteroatoms. The molecule has 3 rings (SSSR count). The Kier molecular flexibility index (Phi) is 6.26. The van der Waals surface area contributed by atoms with Gasteiger partial charge in [0.2, 0.25) is 5.91 Å². The van der Waals surface area contributed by atoms with Crippen molar-refractivity contribution in [1.82, 2.24) is 4.90 Å². The van der Waals surface area contributed by atoms with Gasteiger partial charge in [0, 0.05) is 5.56 Å². The number of hydrogen-bond acceptors (Lipinski definition) is 5. The van der Waals surface area contributed by atoms with Crippen molar-refractivity contribution in [2.24, 2.45) is 5.92 Å². The molecule has 2 heterocycles. The van der Waals surface area contributed by atoms with Crippen molar-refractivity contribution in [1.29, 1.82) is 0 Å². The minimum Gasteiger partial charge on any atom is -0.476 e. The molecule has 1 amide bonds. The number of carboxylic acid groups (broad SMARTS) is 1. The first kappa shape index (κ1) is 21.7. The van der Waals surface area contributed by atoms with Gasteiger partial charge in [-0.2, -0.15) is 0 Å². The molecular weight excluding hydrogens is 392 g/mol. The van der Waals surface area contributed by atoms with Crippen molar-refractivity contribution >= 4 is 23.6 Å². The van der Waals surface area contributed by atoms with Gasteiger partial charge in [0.15, 0.2) is 10.8 Å². The van der Waals surface area contributed by atoms with Crippen LogP contribution in [0.5, 0.6) is 5.75 Å². The maximum atomic E-state index is 12.3. The lowest BCUT2D eigenvalue weighted by atomic mass is 9.92. The number of hydrogen-bond donors (Lipinski definition) is 2. The highest BCUT2D eigenvalue weighted by Gasteiger charge is 2.58. The lowest BCUT2D eigenvalue weighted by Crippen LogP contribution is -2.60. The molecule has 1 fully saturated rings. The van der Waals surface area contributed by atoms with Crippen molar-refractivity contribution in [3.05, 3.63) is 40.6 Å². The molecule has 0 spiro atoms. The lowest BCUT2D eigenvalue weighted by molar-refractivity contribution is -0.936. The number of aliphatic hydroxyl groups excluding tert-OH is 1. The number of carbonyl (C=O) groups excluding carboxylic acids is 1. The van der Waals surface area contributed by atoms with Gasteiger partial charge in [0.25, 0.3) is 0 Å². The number of aliphatic carboxylic acids is 1. The standard InChI is InChI=1S/C21H28N2O5S/c1-5-23(6-2,7-3)12-14-8-10-15(11-9-14)28-21-17(20(26)27)22-18(25)16(13(4)24)19(22)29-21/h8-11,13,16,19,24H,5-7,12H2,1-4H3/p+1/t13-,16+,19-/m1/s1. The van der Waals surface area contributed by atoms with E-state index < -0.39 is 23.4 Å². The van der Waals surface area contributed by atoms with Gasteiger partial charge in [-0.25, -0.2) is 4.79 Å². The fourth-order valence-electron chi connectivity index (χ4n) is 3.98. The summed E-state index contributed by atoms with van der Waals surface area (Å²) in [6, 6.07) is 7.67. The third-order valence-electron chi connectivity index (χ3n) is 6.13. The normalized spacial score (nSPS) is 22.4. The van der Waals surface area contributed by atoms with Crippen LogP contribution >= 0.6 is 11.8 Å². The monoisotopic (exact) mass is 421 g/mol. The summed E-state index contributed by atoms with van der Waals surface area (Å²) in [5.41, 5.74) is 1.05. The van der Waals surface area contributed by atoms with Crippen LogP contribution in [0.15, 0.2) is 35.1 Å². The molecule has 2 N–H and O–H groups in total. The van der Waals surface area contributed by atoms with Crippen molar-refractivity contribution in [3.63, 3.8) is 0 Å². The average molecular weight is 422 g/mol. The van der Waals surface area contributed by atoms with E-state index in [0.717, 1.165) is 30.7 Å². The number of fused-ring (bicyclic) bond motifs is 1. The van der Waals surface area contributed by atoms with E-state index in [4.69, 9.17) is 4.74 Å². The number of rotatable bonds is 9. The Morgan fingerprint density at radius 3 is 2.28 bits per heavy atom. The van der Waals surface area contributed by atoms with Gasteiger partial charge >= 0.3 is 5.97 Å². The highest BCUT2D eigenvalue weighted by atomic mass is 32.2. The second-order valence-electron chi connectivity index (χ2n) is 7.62. The second kappa shape index (κ2) is 8.38. The number of ether oxygens (including phenoxy) is 1. The van der Waals surface area contributed by atoms with Crippen LogP contribution in [0.2, 0.25) is 0 Å². The molecule has 7 nitrogen and oxygen atoms in total. The molecule has 29 heavy (non-hydrogen) atoms. The molecule has 1 aromatic carbocycles. The van der Waals surface area contributed by atoms with Gasteiger partial charge in [-0.15, -0.1) is 0 Å². The number of amides is 1. The minimum absolute atomic E-state index is 0.149. The molecule has 1 aromatic rings. The summed E-state index contributed by atoms with van der Waals surface area (Å²) in [6.07, 6.45) is -0.834. The van der Waals surface area contributed by atoms with Crippen LogP contribution in [-0.2, 0) is 16.1 Å². The molecule has 158 valence electrons. The third kappa shape index (κ3) is 3.89. The van der Waals surface area contributed by atoms with Gasteiger partial charge < -0.3 is 19.4 Å². The predicted octanol–water partition coefficient (Wildman–Crippen LogP) is 2.61. The Labute approximate surface area is 175 Å². The number of thioether (sulfide) groups is 1. The van der Waals surface area contributed by atoms with Gasteiger partial charge in [0.05, 0.1) is 31.7 Å². The smallest absolute Gasteiger partial charge is 0.357 e. The Morgan fingerprint density at radius 1 is 1.21 bits per heavy atom. The maximum Gasteiger partial charge on any atom is 0.357 e. The van der Waals surface area contributed by atoms with Crippen molar-refractivity contribution < 1.29 is 29.0 Å². The van der Waals surface area contributed by atoms with E-state index in [1.54, 1.807) is 6.92 Å².